The molecule has 1 atom stereocenters. The van der Waals surface area contributed by atoms with E-state index in [2.05, 4.69) is 15.3 Å². The van der Waals surface area contributed by atoms with Crippen LogP contribution >= 0.6 is 0 Å². The van der Waals surface area contributed by atoms with E-state index in [4.69, 9.17) is 0 Å². The minimum absolute atomic E-state index is 0.702. The average Bonchev–Trinajstić information content (AvgIpc) is 2.45. The fourth-order valence-electron chi connectivity index (χ4n) is 1.00. The topological polar surface area (TPSA) is 57.8 Å². The van der Waals surface area contributed by atoms with Gasteiger partial charge >= 0.3 is 0 Å². The van der Waals surface area contributed by atoms with Crippen molar-refractivity contribution in [2.45, 2.75) is 13.5 Å². The summed E-state index contributed by atoms with van der Waals surface area (Å²) in [5.41, 5.74) is 1.07. The molecule has 0 radical (unpaired) electrons. The lowest BCUT2D eigenvalue weighted by Gasteiger charge is -2.00. The Bertz CT molecular complexity index is 285. The zero-order valence-corrected chi connectivity index (χ0v) is 8.78. The van der Waals surface area contributed by atoms with E-state index in [9.17, 15) is 4.21 Å². The molecule has 0 bridgehead atoms. The Morgan fingerprint density at radius 2 is 2.46 bits per heavy atom. The minimum atomic E-state index is -0.707. The van der Waals surface area contributed by atoms with Gasteiger partial charge < -0.3 is 10.3 Å². The van der Waals surface area contributed by atoms with Crippen LogP contribution in [0.2, 0.25) is 0 Å². The van der Waals surface area contributed by atoms with Gasteiger partial charge in [-0.05, 0) is 6.92 Å². The summed E-state index contributed by atoms with van der Waals surface area (Å²) in [6.07, 6.45) is 3.52. The Morgan fingerprint density at radius 1 is 1.69 bits per heavy atom. The molecule has 0 spiro atoms. The highest BCUT2D eigenvalue weighted by atomic mass is 32.2. The number of aromatic amines is 1. The summed E-state index contributed by atoms with van der Waals surface area (Å²) in [7, 11) is -0.707. The van der Waals surface area contributed by atoms with E-state index < -0.39 is 10.8 Å². The van der Waals surface area contributed by atoms with Crippen LogP contribution in [0.3, 0.4) is 0 Å². The van der Waals surface area contributed by atoms with Gasteiger partial charge in [-0.3, -0.25) is 4.21 Å². The number of imidazole rings is 1. The smallest absolute Gasteiger partial charge is 0.103 e. The van der Waals surface area contributed by atoms with E-state index in [1.165, 1.54) is 0 Å². The maximum atomic E-state index is 10.7. The van der Waals surface area contributed by atoms with E-state index in [-0.39, 0.29) is 0 Å². The van der Waals surface area contributed by atoms with Gasteiger partial charge in [-0.15, -0.1) is 0 Å². The van der Waals surface area contributed by atoms with Crippen LogP contribution in [-0.2, 0) is 17.3 Å². The van der Waals surface area contributed by atoms with Crippen molar-refractivity contribution in [2.75, 3.05) is 18.6 Å². The van der Waals surface area contributed by atoms with Gasteiger partial charge in [-0.25, -0.2) is 4.98 Å². The van der Waals surface area contributed by atoms with Gasteiger partial charge in [0.1, 0.15) is 5.82 Å². The lowest BCUT2D eigenvalue weighted by atomic mass is 10.5. The molecule has 74 valence electrons. The highest BCUT2D eigenvalue weighted by Gasteiger charge is 1.96. The van der Waals surface area contributed by atoms with Gasteiger partial charge in [0.2, 0.25) is 0 Å². The van der Waals surface area contributed by atoms with Crippen LogP contribution in [-0.4, -0.2) is 32.7 Å². The molecule has 5 heteroatoms. The van der Waals surface area contributed by atoms with Crippen molar-refractivity contribution < 1.29 is 4.21 Å². The van der Waals surface area contributed by atoms with Gasteiger partial charge in [-0.2, -0.15) is 0 Å². The lowest BCUT2D eigenvalue weighted by Crippen LogP contribution is -2.19. The molecule has 1 unspecified atom stereocenters. The molecule has 1 aromatic rings. The Morgan fingerprint density at radius 3 is 3.00 bits per heavy atom. The van der Waals surface area contributed by atoms with Crippen LogP contribution < -0.4 is 5.32 Å². The van der Waals surface area contributed by atoms with E-state index in [0.717, 1.165) is 24.6 Å². The first-order valence-corrected chi connectivity index (χ1v) is 5.92. The normalized spacial score (nSPS) is 13.1. The Labute approximate surface area is 80.6 Å². The van der Waals surface area contributed by atoms with Crippen molar-refractivity contribution in [2.24, 2.45) is 0 Å². The first kappa shape index (κ1) is 10.4. The SMILES string of the molecule is Cc1ncc(CNCCS(C)=O)[nH]1. The third-order valence-corrected chi connectivity index (χ3v) is 2.42. The quantitative estimate of drug-likeness (QED) is 0.668. The lowest BCUT2D eigenvalue weighted by molar-refractivity contribution is 0.674. The molecule has 0 saturated heterocycles. The summed E-state index contributed by atoms with van der Waals surface area (Å²) in [5.74, 6) is 1.63. The third kappa shape index (κ3) is 4.19. The summed E-state index contributed by atoms with van der Waals surface area (Å²) in [4.78, 5) is 7.19. The van der Waals surface area contributed by atoms with Crippen molar-refractivity contribution in [3.05, 3.63) is 17.7 Å². The molecular formula is C8H15N3OS. The Kier molecular flexibility index (Phi) is 4.11. The molecule has 0 aliphatic carbocycles. The maximum Gasteiger partial charge on any atom is 0.103 e. The van der Waals surface area contributed by atoms with Crippen molar-refractivity contribution in [3.63, 3.8) is 0 Å². The van der Waals surface area contributed by atoms with Crippen LogP contribution in [0.5, 0.6) is 0 Å². The van der Waals surface area contributed by atoms with E-state index in [1.54, 1.807) is 6.26 Å². The fraction of sp³-hybridized carbons (Fsp3) is 0.625. The largest absolute Gasteiger partial charge is 0.345 e. The van der Waals surface area contributed by atoms with Gasteiger partial charge in [0, 0.05) is 47.8 Å². The van der Waals surface area contributed by atoms with E-state index in [1.807, 2.05) is 13.1 Å². The molecular weight excluding hydrogens is 186 g/mol. The number of H-pyrrole nitrogens is 1. The zero-order chi connectivity index (χ0) is 9.68. The van der Waals surface area contributed by atoms with Gasteiger partial charge in [0.25, 0.3) is 0 Å². The number of aryl methyl sites for hydroxylation is 1. The monoisotopic (exact) mass is 201 g/mol. The van der Waals surface area contributed by atoms with Crippen LogP contribution in [0.1, 0.15) is 11.5 Å². The van der Waals surface area contributed by atoms with Gasteiger partial charge in [0.15, 0.2) is 0 Å². The number of hydrogen-bond donors (Lipinski definition) is 2. The summed E-state index contributed by atoms with van der Waals surface area (Å²) < 4.78 is 10.7. The van der Waals surface area contributed by atoms with Crippen molar-refractivity contribution in [3.8, 4) is 0 Å². The Balaban J connectivity index is 2.16. The molecule has 1 aromatic heterocycles. The molecule has 0 aromatic carbocycles. The number of aromatic nitrogens is 2. The number of nitrogens with one attached hydrogen (secondary N) is 2. The van der Waals surface area contributed by atoms with Gasteiger partial charge in [0.05, 0.1) is 0 Å². The number of rotatable bonds is 5. The first-order chi connectivity index (χ1) is 6.18. The summed E-state index contributed by atoms with van der Waals surface area (Å²) in [5, 5.41) is 3.18. The Hall–Kier alpha value is -0.680. The van der Waals surface area contributed by atoms with Crippen LogP contribution in [0, 0.1) is 6.92 Å². The molecule has 1 rings (SSSR count). The molecule has 0 saturated carbocycles. The summed E-state index contributed by atoms with van der Waals surface area (Å²) in [6, 6.07) is 0. The molecule has 2 N–H and O–H groups in total. The molecule has 4 nitrogen and oxygen atoms in total. The molecule has 0 amide bonds. The van der Waals surface area contributed by atoms with Gasteiger partial charge in [-0.1, -0.05) is 0 Å². The van der Waals surface area contributed by atoms with Crippen LogP contribution in [0.15, 0.2) is 6.20 Å². The minimum Gasteiger partial charge on any atom is -0.345 e. The molecule has 1 heterocycles. The number of hydrogen-bond acceptors (Lipinski definition) is 3. The predicted molar refractivity (Wildman–Crippen MR) is 54.0 cm³/mol. The maximum absolute atomic E-state index is 10.7. The fourth-order valence-corrected chi connectivity index (χ4v) is 1.43. The van der Waals surface area contributed by atoms with Crippen LogP contribution in [0.4, 0.5) is 0 Å². The first-order valence-electron chi connectivity index (χ1n) is 4.19. The second-order valence-corrected chi connectivity index (χ2v) is 4.50. The third-order valence-electron chi connectivity index (χ3n) is 1.64. The van der Waals surface area contributed by atoms with Crippen LogP contribution in [0.25, 0.3) is 0 Å². The molecule has 0 aliphatic heterocycles. The predicted octanol–water partition coefficient (Wildman–Crippen LogP) is 0.186. The average molecular weight is 201 g/mol. The molecule has 0 fully saturated rings. The second-order valence-electron chi connectivity index (χ2n) is 2.95. The standard InChI is InChI=1S/C8H15N3OS/c1-7-10-6-8(11-7)5-9-3-4-13(2)12/h6,9H,3-5H2,1-2H3,(H,10,11). The van der Waals surface area contributed by atoms with Crippen molar-refractivity contribution >= 4 is 10.8 Å². The zero-order valence-electron chi connectivity index (χ0n) is 7.96. The summed E-state index contributed by atoms with van der Waals surface area (Å²) in [6.45, 7) is 3.46. The van der Waals surface area contributed by atoms with E-state index in [0.29, 0.717) is 5.75 Å². The highest BCUT2D eigenvalue weighted by Crippen LogP contribution is 1.93. The number of nitrogens with zero attached hydrogens (tertiary/aromatic N) is 1. The van der Waals surface area contributed by atoms with Crippen molar-refractivity contribution in [1.29, 1.82) is 0 Å². The van der Waals surface area contributed by atoms with E-state index >= 15 is 0 Å². The van der Waals surface area contributed by atoms with Crippen molar-refractivity contribution in [1.82, 2.24) is 15.3 Å². The highest BCUT2D eigenvalue weighted by molar-refractivity contribution is 7.84. The second kappa shape index (κ2) is 5.14. The summed E-state index contributed by atoms with van der Waals surface area (Å²) >= 11 is 0. The molecule has 13 heavy (non-hydrogen) atoms. The molecule has 0 aliphatic rings.